The van der Waals surface area contributed by atoms with E-state index >= 15 is 0 Å². The third-order valence-corrected chi connectivity index (χ3v) is 5.92. The summed E-state index contributed by atoms with van der Waals surface area (Å²) in [6.45, 7) is -0.176. The SMILES string of the molecule is O=C(CCNS(=O)(=O)c1cc(Br)ccc1Br)Nc1cc(F)cc(F)c1. The molecule has 0 unspecified atom stereocenters. The Bertz CT molecular complexity index is 887. The van der Waals surface area contributed by atoms with Crippen molar-refractivity contribution >= 4 is 53.5 Å². The predicted molar refractivity (Wildman–Crippen MR) is 96.6 cm³/mol. The summed E-state index contributed by atoms with van der Waals surface area (Å²) < 4.78 is 53.8. The molecule has 2 aromatic carbocycles. The molecule has 0 fully saturated rings. The summed E-state index contributed by atoms with van der Waals surface area (Å²) >= 11 is 6.35. The largest absolute Gasteiger partial charge is 0.326 e. The Balaban J connectivity index is 1.95. The summed E-state index contributed by atoms with van der Waals surface area (Å²) in [5.74, 6) is -2.23. The molecule has 2 rings (SSSR count). The van der Waals surface area contributed by atoms with Gasteiger partial charge in [-0.25, -0.2) is 21.9 Å². The smallest absolute Gasteiger partial charge is 0.241 e. The first-order chi connectivity index (χ1) is 11.7. The average Bonchev–Trinajstić information content (AvgIpc) is 2.48. The topological polar surface area (TPSA) is 75.3 Å². The summed E-state index contributed by atoms with van der Waals surface area (Å²) in [6, 6.07) is 7.27. The minimum atomic E-state index is -3.82. The number of hydrogen-bond acceptors (Lipinski definition) is 3. The quantitative estimate of drug-likeness (QED) is 0.637. The van der Waals surface area contributed by atoms with E-state index in [1.165, 1.54) is 6.07 Å². The van der Waals surface area contributed by atoms with Crippen molar-refractivity contribution in [1.29, 1.82) is 0 Å². The maximum Gasteiger partial charge on any atom is 0.241 e. The van der Waals surface area contributed by atoms with Gasteiger partial charge in [-0.15, -0.1) is 0 Å². The Morgan fingerprint density at radius 2 is 1.68 bits per heavy atom. The number of benzene rings is 2. The number of nitrogens with one attached hydrogen (secondary N) is 2. The van der Waals surface area contributed by atoms with Crippen LogP contribution in [0, 0.1) is 11.6 Å². The second kappa shape index (κ2) is 8.35. The van der Waals surface area contributed by atoms with Gasteiger partial charge in [-0.1, -0.05) is 15.9 Å². The normalized spacial score (nSPS) is 11.4. The molecule has 0 aliphatic carbocycles. The number of hydrogen-bond donors (Lipinski definition) is 2. The van der Waals surface area contributed by atoms with E-state index in [2.05, 4.69) is 41.9 Å². The van der Waals surface area contributed by atoms with Gasteiger partial charge in [0.1, 0.15) is 11.6 Å². The third kappa shape index (κ3) is 5.84. The van der Waals surface area contributed by atoms with Gasteiger partial charge in [-0.05, 0) is 46.3 Å². The molecule has 1 amide bonds. The summed E-state index contributed by atoms with van der Waals surface area (Å²) in [5, 5.41) is 2.30. The van der Waals surface area contributed by atoms with Gasteiger partial charge in [0.05, 0.1) is 4.90 Å². The molecular weight excluding hydrogens is 486 g/mol. The minimum absolute atomic E-state index is 0.0227. The van der Waals surface area contributed by atoms with Crippen LogP contribution < -0.4 is 10.0 Å². The number of carbonyl (C=O) groups excluding carboxylic acids is 1. The number of sulfonamides is 1. The van der Waals surface area contributed by atoms with Crippen LogP contribution in [0.5, 0.6) is 0 Å². The monoisotopic (exact) mass is 496 g/mol. The first-order valence-corrected chi connectivity index (χ1v) is 9.95. The summed E-state index contributed by atoms with van der Waals surface area (Å²) in [4.78, 5) is 11.8. The molecule has 2 N–H and O–H groups in total. The average molecular weight is 498 g/mol. The molecule has 10 heteroatoms. The molecule has 0 bridgehead atoms. The highest BCUT2D eigenvalue weighted by Crippen LogP contribution is 2.25. The van der Waals surface area contributed by atoms with Crippen LogP contribution in [0.25, 0.3) is 0 Å². The van der Waals surface area contributed by atoms with Gasteiger partial charge in [-0.3, -0.25) is 4.79 Å². The maximum atomic E-state index is 13.1. The Morgan fingerprint density at radius 1 is 1.04 bits per heavy atom. The van der Waals surface area contributed by atoms with E-state index in [1.54, 1.807) is 12.1 Å². The Labute approximate surface area is 160 Å². The van der Waals surface area contributed by atoms with E-state index in [0.29, 0.717) is 15.0 Å². The van der Waals surface area contributed by atoms with Crippen LogP contribution in [0.2, 0.25) is 0 Å². The van der Waals surface area contributed by atoms with Gasteiger partial charge in [0.2, 0.25) is 15.9 Å². The molecule has 0 saturated carbocycles. The highest BCUT2D eigenvalue weighted by Gasteiger charge is 2.18. The van der Waals surface area contributed by atoms with Crippen LogP contribution in [-0.2, 0) is 14.8 Å². The second-order valence-corrected chi connectivity index (χ2v) is 8.43. The molecule has 134 valence electrons. The highest BCUT2D eigenvalue weighted by molar-refractivity contribution is 9.11. The molecule has 0 spiro atoms. The zero-order chi connectivity index (χ0) is 18.6. The lowest BCUT2D eigenvalue weighted by atomic mass is 10.3. The summed E-state index contributed by atoms with van der Waals surface area (Å²) in [6.07, 6.45) is -0.205. The summed E-state index contributed by atoms with van der Waals surface area (Å²) in [7, 11) is -3.82. The molecule has 25 heavy (non-hydrogen) atoms. The van der Waals surface area contributed by atoms with Crippen molar-refractivity contribution in [2.24, 2.45) is 0 Å². The molecule has 0 atom stereocenters. The molecule has 0 aromatic heterocycles. The molecule has 5 nitrogen and oxygen atoms in total. The fourth-order valence-corrected chi connectivity index (χ4v) is 4.44. The van der Waals surface area contributed by atoms with Crippen molar-refractivity contribution in [1.82, 2.24) is 4.72 Å². The molecular formula is C15H12Br2F2N2O3S. The maximum absolute atomic E-state index is 13.1. The lowest BCUT2D eigenvalue weighted by Crippen LogP contribution is -2.28. The lowest BCUT2D eigenvalue weighted by Gasteiger charge is -2.09. The van der Waals surface area contributed by atoms with Crippen molar-refractivity contribution < 1.29 is 22.0 Å². The van der Waals surface area contributed by atoms with E-state index in [0.717, 1.165) is 12.1 Å². The second-order valence-electron chi connectivity index (χ2n) is 4.93. The van der Waals surface area contributed by atoms with E-state index in [1.807, 2.05) is 0 Å². The van der Waals surface area contributed by atoms with Gasteiger partial charge in [0.15, 0.2) is 0 Å². The van der Waals surface area contributed by atoms with Crippen molar-refractivity contribution in [3.05, 3.63) is 57.0 Å². The van der Waals surface area contributed by atoms with Crippen LogP contribution >= 0.6 is 31.9 Å². The van der Waals surface area contributed by atoms with Gasteiger partial charge in [0, 0.05) is 33.7 Å². The van der Waals surface area contributed by atoms with E-state index < -0.39 is 27.6 Å². The standard InChI is InChI=1S/C15H12Br2F2N2O3S/c16-9-1-2-13(17)14(5-9)25(23,24)20-4-3-15(22)21-12-7-10(18)6-11(19)8-12/h1-2,5-8,20H,3-4H2,(H,21,22). The molecule has 0 aliphatic rings. The van der Waals surface area contributed by atoms with Gasteiger partial charge >= 0.3 is 0 Å². The van der Waals surface area contributed by atoms with Gasteiger partial charge in [0.25, 0.3) is 0 Å². The van der Waals surface area contributed by atoms with Gasteiger partial charge < -0.3 is 5.32 Å². The first kappa shape index (κ1) is 20.0. The van der Waals surface area contributed by atoms with Crippen LogP contribution in [-0.4, -0.2) is 20.9 Å². The van der Waals surface area contributed by atoms with E-state index in [-0.39, 0.29) is 23.5 Å². The molecule has 0 heterocycles. The van der Waals surface area contributed by atoms with Crippen LogP contribution in [0.15, 0.2) is 50.2 Å². The van der Waals surface area contributed by atoms with Gasteiger partial charge in [-0.2, -0.15) is 0 Å². The Hall–Kier alpha value is -1.36. The lowest BCUT2D eigenvalue weighted by molar-refractivity contribution is -0.116. The number of rotatable bonds is 6. The fraction of sp³-hybridized carbons (Fsp3) is 0.133. The number of halogens is 4. The Kier molecular flexibility index (Phi) is 6.66. The summed E-state index contributed by atoms with van der Waals surface area (Å²) in [5.41, 5.74) is -0.0416. The number of carbonyl (C=O) groups is 1. The third-order valence-electron chi connectivity index (χ3n) is 2.97. The number of amides is 1. The van der Waals surface area contributed by atoms with Crippen molar-refractivity contribution in [2.45, 2.75) is 11.3 Å². The highest BCUT2D eigenvalue weighted by atomic mass is 79.9. The van der Waals surface area contributed by atoms with E-state index in [4.69, 9.17) is 0 Å². The van der Waals surface area contributed by atoms with Crippen molar-refractivity contribution in [3.63, 3.8) is 0 Å². The Morgan fingerprint density at radius 3 is 2.32 bits per heavy atom. The molecule has 0 aliphatic heterocycles. The van der Waals surface area contributed by atoms with Crippen molar-refractivity contribution in [3.8, 4) is 0 Å². The number of anilines is 1. The van der Waals surface area contributed by atoms with E-state index in [9.17, 15) is 22.0 Å². The predicted octanol–water partition coefficient (Wildman–Crippen LogP) is 3.80. The van der Waals surface area contributed by atoms with Crippen LogP contribution in [0.4, 0.5) is 14.5 Å². The molecule has 0 saturated heterocycles. The zero-order valence-corrected chi connectivity index (χ0v) is 16.5. The fourth-order valence-electron chi connectivity index (χ4n) is 1.91. The van der Waals surface area contributed by atoms with Crippen molar-refractivity contribution in [2.75, 3.05) is 11.9 Å². The van der Waals surface area contributed by atoms with Crippen LogP contribution in [0.3, 0.4) is 0 Å². The van der Waals surface area contributed by atoms with Crippen LogP contribution in [0.1, 0.15) is 6.42 Å². The zero-order valence-electron chi connectivity index (χ0n) is 12.5. The molecule has 0 radical (unpaired) electrons. The molecule has 2 aromatic rings. The first-order valence-electron chi connectivity index (χ1n) is 6.88. The minimum Gasteiger partial charge on any atom is -0.326 e.